The maximum atomic E-state index is 12.8. The lowest BCUT2D eigenvalue weighted by Crippen LogP contribution is -2.42. The summed E-state index contributed by atoms with van der Waals surface area (Å²) < 4.78 is 0. The molecule has 0 bridgehead atoms. The second-order valence-corrected chi connectivity index (χ2v) is 6.72. The van der Waals surface area contributed by atoms with Gasteiger partial charge in [-0.1, -0.05) is 24.3 Å². The number of hydrogen-bond acceptors (Lipinski definition) is 2. The van der Waals surface area contributed by atoms with E-state index in [1.54, 1.807) is 0 Å². The number of fused-ring (bicyclic) bond motifs is 2. The summed E-state index contributed by atoms with van der Waals surface area (Å²) in [4.78, 5) is 15.1. The van der Waals surface area contributed by atoms with Crippen molar-refractivity contribution >= 4 is 17.3 Å². The van der Waals surface area contributed by atoms with Gasteiger partial charge in [-0.3, -0.25) is 4.79 Å². The van der Waals surface area contributed by atoms with Crippen LogP contribution in [0.2, 0.25) is 0 Å². The third kappa shape index (κ3) is 2.40. The highest BCUT2D eigenvalue weighted by Gasteiger charge is 2.33. The van der Waals surface area contributed by atoms with E-state index in [4.69, 9.17) is 0 Å². The van der Waals surface area contributed by atoms with Crippen molar-refractivity contribution in [3.63, 3.8) is 0 Å². The molecule has 118 valence electrons. The number of nitrogens with zero attached hydrogens (tertiary/aromatic N) is 1. The fourth-order valence-corrected chi connectivity index (χ4v) is 4.03. The highest BCUT2D eigenvalue weighted by atomic mass is 16.2. The monoisotopic (exact) mass is 306 g/mol. The van der Waals surface area contributed by atoms with Gasteiger partial charge in [-0.05, 0) is 67.5 Å². The van der Waals surface area contributed by atoms with Crippen molar-refractivity contribution in [2.24, 2.45) is 0 Å². The Bertz CT molecular complexity index is 781. The van der Waals surface area contributed by atoms with Crippen molar-refractivity contribution in [1.82, 2.24) is 0 Å². The van der Waals surface area contributed by atoms with E-state index in [-0.39, 0.29) is 11.9 Å². The maximum absolute atomic E-state index is 12.8. The molecule has 2 aliphatic heterocycles. The van der Waals surface area contributed by atoms with Gasteiger partial charge < -0.3 is 10.2 Å². The van der Waals surface area contributed by atoms with Crippen molar-refractivity contribution in [3.05, 3.63) is 58.7 Å². The lowest BCUT2D eigenvalue weighted by molar-refractivity contribution is -0.117. The number of amides is 1. The van der Waals surface area contributed by atoms with Gasteiger partial charge in [0, 0.05) is 17.9 Å². The van der Waals surface area contributed by atoms with Gasteiger partial charge >= 0.3 is 0 Å². The summed E-state index contributed by atoms with van der Waals surface area (Å²) in [5, 5.41) is 3.13. The normalized spacial score (nSPS) is 19.8. The second kappa shape index (κ2) is 5.41. The van der Waals surface area contributed by atoms with Crippen LogP contribution in [-0.2, 0) is 17.6 Å². The average Bonchev–Trinajstić information content (AvgIpc) is 2.85. The molecule has 0 fully saturated rings. The van der Waals surface area contributed by atoms with Crippen LogP contribution >= 0.6 is 0 Å². The van der Waals surface area contributed by atoms with Crippen LogP contribution in [0, 0.1) is 13.8 Å². The molecule has 0 aromatic heterocycles. The standard InChI is InChI=1S/C20H22N2O/c1-13-11-14(2)16-9-10-22(19(16)12-13)18-8-7-15-5-3-4-6-17(15)21-20(18)23/h3-6,11-12,18H,7-10H2,1-2H3,(H,21,23). The molecule has 1 unspecified atom stereocenters. The molecule has 0 spiro atoms. The predicted molar refractivity (Wildman–Crippen MR) is 94.1 cm³/mol. The molecule has 2 aliphatic rings. The summed E-state index contributed by atoms with van der Waals surface area (Å²) in [7, 11) is 0. The Kier molecular flexibility index (Phi) is 3.37. The minimum Gasteiger partial charge on any atom is -0.359 e. The van der Waals surface area contributed by atoms with E-state index in [1.165, 1.54) is 27.9 Å². The van der Waals surface area contributed by atoms with Crippen LogP contribution in [0.3, 0.4) is 0 Å². The van der Waals surface area contributed by atoms with Crippen LogP contribution in [0.15, 0.2) is 36.4 Å². The number of carbonyl (C=O) groups is 1. The molecule has 1 N–H and O–H groups in total. The maximum Gasteiger partial charge on any atom is 0.247 e. The number of carbonyl (C=O) groups excluding carboxylic acids is 1. The third-order valence-corrected chi connectivity index (χ3v) is 5.15. The van der Waals surface area contributed by atoms with Gasteiger partial charge in [-0.15, -0.1) is 0 Å². The predicted octanol–water partition coefficient (Wildman–Crippen LogP) is 3.62. The number of aryl methyl sites for hydroxylation is 3. The van der Waals surface area contributed by atoms with E-state index in [9.17, 15) is 4.79 Å². The number of para-hydroxylation sites is 1. The average molecular weight is 306 g/mol. The lowest BCUT2D eigenvalue weighted by Gasteiger charge is -2.28. The van der Waals surface area contributed by atoms with Gasteiger partial charge in [0.1, 0.15) is 6.04 Å². The molecule has 4 rings (SSSR count). The molecule has 0 aliphatic carbocycles. The molecule has 3 nitrogen and oxygen atoms in total. The van der Waals surface area contributed by atoms with Crippen LogP contribution < -0.4 is 10.2 Å². The van der Waals surface area contributed by atoms with Gasteiger partial charge in [0.2, 0.25) is 5.91 Å². The molecule has 1 atom stereocenters. The van der Waals surface area contributed by atoms with Crippen LogP contribution in [0.5, 0.6) is 0 Å². The van der Waals surface area contributed by atoms with Crippen LogP contribution in [0.4, 0.5) is 11.4 Å². The fourth-order valence-electron chi connectivity index (χ4n) is 4.03. The van der Waals surface area contributed by atoms with E-state index in [2.05, 4.69) is 42.3 Å². The first kappa shape index (κ1) is 14.3. The Balaban J connectivity index is 1.68. The number of rotatable bonds is 1. The van der Waals surface area contributed by atoms with Crippen molar-refractivity contribution in [1.29, 1.82) is 0 Å². The molecule has 2 aromatic carbocycles. The first-order chi connectivity index (χ1) is 11.1. The molecule has 3 heteroatoms. The SMILES string of the molecule is Cc1cc(C)c2c(c1)N(C1CCc3ccccc3NC1=O)CC2. The largest absolute Gasteiger partial charge is 0.359 e. The fraction of sp³-hybridized carbons (Fsp3) is 0.350. The molecular weight excluding hydrogens is 284 g/mol. The number of nitrogens with one attached hydrogen (secondary N) is 1. The molecule has 0 saturated carbocycles. The first-order valence-electron chi connectivity index (χ1n) is 8.39. The van der Waals surface area contributed by atoms with E-state index >= 15 is 0 Å². The molecule has 23 heavy (non-hydrogen) atoms. The summed E-state index contributed by atoms with van der Waals surface area (Å²) in [6.45, 7) is 5.25. The summed E-state index contributed by atoms with van der Waals surface area (Å²) in [5.41, 5.74) is 7.49. The summed E-state index contributed by atoms with van der Waals surface area (Å²) in [5.74, 6) is 0.127. The van der Waals surface area contributed by atoms with Crippen molar-refractivity contribution < 1.29 is 4.79 Å². The molecule has 0 radical (unpaired) electrons. The quantitative estimate of drug-likeness (QED) is 0.873. The summed E-state index contributed by atoms with van der Waals surface area (Å²) >= 11 is 0. The van der Waals surface area contributed by atoms with Crippen LogP contribution in [0.1, 0.15) is 28.7 Å². The lowest BCUT2D eigenvalue weighted by atomic mass is 10.0. The van der Waals surface area contributed by atoms with E-state index in [0.29, 0.717) is 0 Å². The zero-order valence-electron chi connectivity index (χ0n) is 13.7. The Morgan fingerprint density at radius 1 is 1.13 bits per heavy atom. The topological polar surface area (TPSA) is 32.3 Å². The molecule has 2 aromatic rings. The molecular formula is C20H22N2O. The number of hydrogen-bond donors (Lipinski definition) is 1. The summed E-state index contributed by atoms with van der Waals surface area (Å²) in [6.07, 6.45) is 2.85. The zero-order chi connectivity index (χ0) is 16.0. The number of anilines is 2. The van der Waals surface area contributed by atoms with Crippen LogP contribution in [-0.4, -0.2) is 18.5 Å². The van der Waals surface area contributed by atoms with E-state index in [1.807, 2.05) is 18.2 Å². The van der Waals surface area contributed by atoms with Gasteiger partial charge in [0.25, 0.3) is 0 Å². The van der Waals surface area contributed by atoms with Crippen LogP contribution in [0.25, 0.3) is 0 Å². The van der Waals surface area contributed by atoms with E-state index < -0.39 is 0 Å². The Morgan fingerprint density at radius 3 is 2.83 bits per heavy atom. The highest BCUT2D eigenvalue weighted by molar-refractivity contribution is 5.98. The second-order valence-electron chi connectivity index (χ2n) is 6.72. The first-order valence-corrected chi connectivity index (χ1v) is 8.39. The van der Waals surface area contributed by atoms with Crippen molar-refractivity contribution in [3.8, 4) is 0 Å². The molecule has 0 saturated heterocycles. The highest BCUT2D eigenvalue weighted by Crippen LogP contribution is 2.35. The Morgan fingerprint density at radius 2 is 1.96 bits per heavy atom. The van der Waals surface area contributed by atoms with Crippen molar-refractivity contribution in [2.75, 3.05) is 16.8 Å². The van der Waals surface area contributed by atoms with Gasteiger partial charge in [-0.25, -0.2) is 0 Å². The van der Waals surface area contributed by atoms with Crippen molar-refractivity contribution in [2.45, 2.75) is 39.2 Å². The smallest absolute Gasteiger partial charge is 0.247 e. The Hall–Kier alpha value is -2.29. The minimum absolute atomic E-state index is 0.0788. The van der Waals surface area contributed by atoms with E-state index in [0.717, 1.165) is 31.5 Å². The minimum atomic E-state index is -0.0788. The van der Waals surface area contributed by atoms with Gasteiger partial charge in [0.15, 0.2) is 0 Å². The molecule has 1 amide bonds. The zero-order valence-corrected chi connectivity index (χ0v) is 13.7. The Labute approximate surface area is 137 Å². The summed E-state index contributed by atoms with van der Waals surface area (Å²) in [6, 6.07) is 12.5. The third-order valence-electron chi connectivity index (χ3n) is 5.15. The molecule has 2 heterocycles. The van der Waals surface area contributed by atoms with Gasteiger partial charge in [-0.2, -0.15) is 0 Å². The van der Waals surface area contributed by atoms with Gasteiger partial charge in [0.05, 0.1) is 0 Å². The number of benzene rings is 2.